The van der Waals surface area contributed by atoms with Gasteiger partial charge in [-0.3, -0.25) is 9.59 Å². The van der Waals surface area contributed by atoms with Crippen molar-refractivity contribution in [1.29, 1.82) is 0 Å². The number of rotatable bonds is 16. The van der Waals surface area contributed by atoms with Gasteiger partial charge in [-0.1, -0.05) is 93.5 Å². The molecule has 2 aromatic rings. The molecule has 0 unspecified atom stereocenters. The molecule has 2 saturated heterocycles. The van der Waals surface area contributed by atoms with Crippen LogP contribution in [0.5, 0.6) is 11.5 Å². The first kappa shape index (κ1) is 44.5. The molecule has 0 amide bonds. The third-order valence-electron chi connectivity index (χ3n) is 11.8. The number of carbonyl (C=O) groups is 2. The molecule has 0 radical (unpaired) electrons. The molecule has 0 bridgehead atoms. The third-order valence-corrected chi connectivity index (χ3v) is 11.8. The fourth-order valence-electron chi connectivity index (χ4n) is 6.97. The highest BCUT2D eigenvalue weighted by molar-refractivity contribution is 5.70. The number of phenols is 2. The molecule has 2 aliphatic rings. The van der Waals surface area contributed by atoms with E-state index in [1.165, 1.54) is 0 Å². The van der Waals surface area contributed by atoms with Crippen molar-refractivity contribution in [2.45, 2.75) is 145 Å². The zero-order valence-electron chi connectivity index (χ0n) is 35.6. The van der Waals surface area contributed by atoms with Gasteiger partial charge in [-0.05, 0) is 72.6 Å². The quantitative estimate of drug-likeness (QED) is 0.160. The highest BCUT2D eigenvalue weighted by Gasteiger charge is 2.48. The number of hydrogen-bond acceptors (Lipinski definition) is 10. The maximum atomic E-state index is 12.8. The van der Waals surface area contributed by atoms with Crippen LogP contribution in [0.2, 0.25) is 0 Å². The predicted molar refractivity (Wildman–Crippen MR) is 212 cm³/mol. The number of carbonyl (C=O) groups excluding carboxylic acids is 2. The molecule has 10 heteroatoms. The van der Waals surface area contributed by atoms with Gasteiger partial charge in [0, 0.05) is 34.8 Å². The molecular weight excluding hydrogens is 700 g/mol. The fourth-order valence-corrected chi connectivity index (χ4v) is 6.97. The van der Waals surface area contributed by atoms with Gasteiger partial charge in [0.25, 0.3) is 0 Å². The van der Waals surface area contributed by atoms with Gasteiger partial charge in [0.05, 0.1) is 31.8 Å². The predicted octanol–water partition coefficient (Wildman–Crippen LogP) is 8.53. The van der Waals surface area contributed by atoms with Crippen molar-refractivity contribution in [3.05, 3.63) is 57.6 Å². The fraction of sp³-hybridized carbons (Fsp3) is 0.689. The Morgan fingerprint density at radius 2 is 0.964 bits per heavy atom. The summed E-state index contributed by atoms with van der Waals surface area (Å²) in [6.07, 6.45) is 2.11. The van der Waals surface area contributed by atoms with Gasteiger partial charge in [-0.15, -0.1) is 0 Å². The van der Waals surface area contributed by atoms with E-state index in [1.807, 2.05) is 65.8 Å². The van der Waals surface area contributed by atoms with Crippen molar-refractivity contribution in [3.8, 4) is 11.5 Å². The van der Waals surface area contributed by atoms with Crippen LogP contribution in [0.1, 0.15) is 128 Å². The zero-order valence-corrected chi connectivity index (χ0v) is 35.6. The molecule has 2 heterocycles. The van der Waals surface area contributed by atoms with E-state index >= 15 is 0 Å². The average Bonchev–Trinajstić information content (AvgIpc) is 3.14. The maximum absolute atomic E-state index is 12.8. The van der Waals surface area contributed by atoms with Crippen molar-refractivity contribution in [1.82, 2.24) is 0 Å². The molecule has 0 atom stereocenters. The normalized spacial score (nSPS) is 21.1. The Kier molecular flexibility index (Phi) is 14.2. The summed E-state index contributed by atoms with van der Waals surface area (Å²) in [5.74, 6) is 0.0466. The van der Waals surface area contributed by atoms with Crippen molar-refractivity contribution >= 4 is 11.9 Å². The third kappa shape index (κ3) is 11.0. The molecule has 0 aliphatic carbocycles. The lowest BCUT2D eigenvalue weighted by atomic mass is 9.80. The minimum atomic E-state index is -0.592. The summed E-state index contributed by atoms with van der Waals surface area (Å²) in [6, 6.07) is 7.88. The summed E-state index contributed by atoms with van der Waals surface area (Å²) < 4.78 is 36.2. The number of aryl methyl sites for hydroxylation is 4. The summed E-state index contributed by atoms with van der Waals surface area (Å²) >= 11 is 0. The molecule has 2 aromatic carbocycles. The molecule has 4 rings (SSSR count). The van der Waals surface area contributed by atoms with Crippen LogP contribution >= 0.6 is 0 Å². The van der Waals surface area contributed by atoms with Crippen molar-refractivity contribution in [3.63, 3.8) is 0 Å². The first-order valence-corrected chi connectivity index (χ1v) is 20.0. The van der Waals surface area contributed by atoms with E-state index in [0.29, 0.717) is 50.8 Å². The smallest absolute Gasteiger partial charge is 0.306 e. The molecule has 2 N–H and O–H groups in total. The number of phenolic OH excluding ortho intramolecular Hbond substituents is 2. The summed E-state index contributed by atoms with van der Waals surface area (Å²) in [5, 5.41) is 21.3. The highest BCUT2D eigenvalue weighted by atomic mass is 16.7. The maximum Gasteiger partial charge on any atom is 0.306 e. The Bertz CT molecular complexity index is 1510. The molecule has 308 valence electrons. The standard InChI is InChI=1S/C45H68O10/c1-13-41(5,6)33-21-31(19-29(3)37(33)48)15-17-35(46)50-23-43(9,10)39-52-25-45(26-53-39)27-54-40(55-28-45)44(11,12)24-51-36(47)18-16-32-20-30(4)38(49)34(22-32)42(7,8)14-2/h19-22,39-40,48-49H,13-18,23-28H2,1-12H3. The Labute approximate surface area is 329 Å². The lowest BCUT2D eigenvalue weighted by molar-refractivity contribution is -0.337. The minimum Gasteiger partial charge on any atom is -0.507 e. The Morgan fingerprint density at radius 1 is 0.636 bits per heavy atom. The van der Waals surface area contributed by atoms with Crippen LogP contribution in [-0.2, 0) is 61.7 Å². The van der Waals surface area contributed by atoms with Gasteiger partial charge in [-0.2, -0.15) is 0 Å². The van der Waals surface area contributed by atoms with Gasteiger partial charge in [-0.25, -0.2) is 0 Å². The van der Waals surface area contributed by atoms with Crippen molar-refractivity contribution in [2.75, 3.05) is 39.6 Å². The molecule has 0 aromatic heterocycles. The average molecular weight is 769 g/mol. The van der Waals surface area contributed by atoms with E-state index in [4.69, 9.17) is 28.4 Å². The highest BCUT2D eigenvalue weighted by Crippen LogP contribution is 2.40. The van der Waals surface area contributed by atoms with E-state index in [1.54, 1.807) is 0 Å². The summed E-state index contributed by atoms with van der Waals surface area (Å²) in [5.41, 5.74) is 3.40. The summed E-state index contributed by atoms with van der Waals surface area (Å²) in [4.78, 5) is 25.6. The molecule has 2 aliphatic heterocycles. The summed E-state index contributed by atoms with van der Waals surface area (Å²) in [6.45, 7) is 26.0. The first-order chi connectivity index (χ1) is 25.5. The number of hydrogen-bond donors (Lipinski definition) is 2. The Balaban J connectivity index is 1.19. The van der Waals surface area contributed by atoms with E-state index in [-0.39, 0.29) is 48.8 Å². The molecule has 2 fully saturated rings. The molecular formula is C45H68O10. The zero-order chi connectivity index (χ0) is 41.0. The van der Waals surface area contributed by atoms with E-state index in [2.05, 4.69) is 41.5 Å². The molecule has 55 heavy (non-hydrogen) atoms. The second-order valence-electron chi connectivity index (χ2n) is 18.8. The van der Waals surface area contributed by atoms with Gasteiger partial charge in [0.1, 0.15) is 24.7 Å². The second kappa shape index (κ2) is 17.5. The first-order valence-electron chi connectivity index (χ1n) is 20.0. The minimum absolute atomic E-state index is 0.140. The lowest BCUT2D eigenvalue weighted by Crippen LogP contribution is -2.57. The summed E-state index contributed by atoms with van der Waals surface area (Å²) in [7, 11) is 0. The van der Waals surface area contributed by atoms with Gasteiger partial charge in [0.2, 0.25) is 0 Å². The van der Waals surface area contributed by atoms with Crippen LogP contribution in [0.3, 0.4) is 0 Å². The van der Waals surface area contributed by atoms with Crippen LogP contribution in [0, 0.1) is 30.1 Å². The van der Waals surface area contributed by atoms with Crippen molar-refractivity contribution in [2.24, 2.45) is 16.2 Å². The Morgan fingerprint density at radius 3 is 1.27 bits per heavy atom. The lowest BCUT2D eigenvalue weighted by Gasteiger charge is -2.48. The Hall–Kier alpha value is -3.18. The molecule has 10 nitrogen and oxygen atoms in total. The van der Waals surface area contributed by atoms with Gasteiger partial charge >= 0.3 is 11.9 Å². The van der Waals surface area contributed by atoms with E-state index in [9.17, 15) is 19.8 Å². The SMILES string of the molecule is CCC(C)(C)c1cc(CCC(=O)OCC(C)(C)C2OCC3(CO2)COC(C(C)(C)COC(=O)CCc2cc(C)c(O)c(C(C)(C)CC)c2)OC3)cc(C)c1O. The number of benzene rings is 2. The van der Waals surface area contributed by atoms with E-state index < -0.39 is 28.8 Å². The van der Waals surface area contributed by atoms with Crippen LogP contribution < -0.4 is 0 Å². The molecule has 0 saturated carbocycles. The van der Waals surface area contributed by atoms with Crippen LogP contribution in [0.4, 0.5) is 0 Å². The monoisotopic (exact) mass is 768 g/mol. The van der Waals surface area contributed by atoms with Crippen LogP contribution in [0.15, 0.2) is 24.3 Å². The van der Waals surface area contributed by atoms with Gasteiger partial charge in [0.15, 0.2) is 12.6 Å². The molecule has 1 spiro atoms. The largest absolute Gasteiger partial charge is 0.507 e. The van der Waals surface area contributed by atoms with Gasteiger partial charge < -0.3 is 38.6 Å². The second-order valence-corrected chi connectivity index (χ2v) is 18.8. The van der Waals surface area contributed by atoms with Crippen LogP contribution in [-0.4, -0.2) is 74.4 Å². The number of aromatic hydroxyl groups is 2. The number of ether oxygens (including phenoxy) is 6. The number of esters is 2. The van der Waals surface area contributed by atoms with Crippen LogP contribution in [0.25, 0.3) is 0 Å². The van der Waals surface area contributed by atoms with Crippen molar-refractivity contribution < 1.29 is 48.2 Å². The topological polar surface area (TPSA) is 130 Å². The van der Waals surface area contributed by atoms with E-state index in [0.717, 1.165) is 46.2 Å².